The highest BCUT2D eigenvalue weighted by Crippen LogP contribution is 2.35. The van der Waals surface area contributed by atoms with Gasteiger partial charge in [0.25, 0.3) is 0 Å². The van der Waals surface area contributed by atoms with E-state index in [4.69, 9.17) is 0 Å². The molecule has 2 fully saturated rings. The molecule has 4 heteroatoms. The SMILES string of the molecule is Cc1c(C(C)N2CCC(c3ccccc3)CC2)ccn2c(CC3CC3)nnc12. The number of piperidine rings is 1. The molecule has 3 heterocycles. The molecule has 28 heavy (non-hydrogen) atoms. The second-order valence-corrected chi connectivity index (χ2v) is 8.75. The molecule has 3 aromatic rings. The number of likely N-dealkylation sites (tertiary alicyclic amines) is 1. The van der Waals surface area contributed by atoms with Gasteiger partial charge in [-0.15, -0.1) is 10.2 Å². The van der Waals surface area contributed by atoms with Gasteiger partial charge in [0.1, 0.15) is 5.82 Å². The van der Waals surface area contributed by atoms with Gasteiger partial charge < -0.3 is 0 Å². The molecule has 2 aliphatic rings. The minimum atomic E-state index is 0.422. The summed E-state index contributed by atoms with van der Waals surface area (Å²) in [5.41, 5.74) is 5.23. The van der Waals surface area contributed by atoms with Gasteiger partial charge in [-0.05, 0) is 87.2 Å². The van der Waals surface area contributed by atoms with Crippen LogP contribution >= 0.6 is 0 Å². The van der Waals surface area contributed by atoms with E-state index in [1.807, 2.05) is 0 Å². The van der Waals surface area contributed by atoms with E-state index in [-0.39, 0.29) is 0 Å². The lowest BCUT2D eigenvalue weighted by Crippen LogP contribution is -2.35. The molecule has 1 atom stereocenters. The molecule has 4 nitrogen and oxygen atoms in total. The number of rotatable bonds is 5. The molecule has 1 aliphatic carbocycles. The number of pyridine rings is 1. The molecule has 2 aromatic heterocycles. The molecule has 0 bridgehead atoms. The van der Waals surface area contributed by atoms with Crippen molar-refractivity contribution in [3.8, 4) is 0 Å². The smallest absolute Gasteiger partial charge is 0.164 e. The zero-order chi connectivity index (χ0) is 19.1. The summed E-state index contributed by atoms with van der Waals surface area (Å²) in [7, 11) is 0. The van der Waals surface area contributed by atoms with E-state index < -0.39 is 0 Å². The Morgan fingerprint density at radius 2 is 1.75 bits per heavy atom. The Morgan fingerprint density at radius 3 is 2.46 bits per heavy atom. The third kappa shape index (κ3) is 3.35. The minimum Gasteiger partial charge on any atom is -0.297 e. The molecule has 0 amide bonds. The first kappa shape index (κ1) is 17.9. The molecular formula is C24H30N4. The number of benzene rings is 1. The fourth-order valence-corrected chi connectivity index (χ4v) is 4.86. The molecule has 1 aliphatic heterocycles. The van der Waals surface area contributed by atoms with Gasteiger partial charge >= 0.3 is 0 Å². The summed E-state index contributed by atoms with van der Waals surface area (Å²) in [4.78, 5) is 2.64. The van der Waals surface area contributed by atoms with E-state index in [0.29, 0.717) is 12.0 Å². The van der Waals surface area contributed by atoms with Crippen LogP contribution in [-0.2, 0) is 6.42 Å². The maximum atomic E-state index is 4.53. The Morgan fingerprint density at radius 1 is 1.00 bits per heavy atom. The van der Waals surface area contributed by atoms with Crippen molar-refractivity contribution in [1.82, 2.24) is 19.5 Å². The summed E-state index contributed by atoms with van der Waals surface area (Å²) in [5, 5.41) is 9.03. The Hall–Kier alpha value is -2.20. The molecule has 1 unspecified atom stereocenters. The average molecular weight is 375 g/mol. The fourth-order valence-electron chi connectivity index (χ4n) is 4.86. The average Bonchev–Trinajstić information content (AvgIpc) is 3.47. The zero-order valence-electron chi connectivity index (χ0n) is 17.0. The Bertz CT molecular complexity index is 949. The van der Waals surface area contributed by atoms with E-state index in [1.54, 1.807) is 0 Å². The van der Waals surface area contributed by atoms with Crippen LogP contribution in [0.5, 0.6) is 0 Å². The van der Waals surface area contributed by atoms with Crippen molar-refractivity contribution in [1.29, 1.82) is 0 Å². The highest BCUT2D eigenvalue weighted by molar-refractivity contribution is 5.51. The summed E-state index contributed by atoms with van der Waals surface area (Å²) in [5.74, 6) is 2.66. The molecule has 1 saturated heterocycles. The van der Waals surface area contributed by atoms with Crippen molar-refractivity contribution in [3.05, 3.63) is 65.1 Å². The van der Waals surface area contributed by atoms with Crippen LogP contribution in [0, 0.1) is 12.8 Å². The third-order valence-corrected chi connectivity index (χ3v) is 6.90. The topological polar surface area (TPSA) is 33.4 Å². The lowest BCUT2D eigenvalue weighted by molar-refractivity contribution is 0.162. The second kappa shape index (κ2) is 7.32. The van der Waals surface area contributed by atoms with Crippen molar-refractivity contribution in [2.24, 2.45) is 5.92 Å². The highest BCUT2D eigenvalue weighted by Gasteiger charge is 2.27. The normalized spacial score (nSPS) is 19.9. The highest BCUT2D eigenvalue weighted by atomic mass is 15.2. The van der Waals surface area contributed by atoms with Crippen LogP contribution < -0.4 is 0 Å². The van der Waals surface area contributed by atoms with Crippen LogP contribution in [0.25, 0.3) is 5.65 Å². The number of aryl methyl sites for hydroxylation is 1. The molecule has 0 radical (unpaired) electrons. The van der Waals surface area contributed by atoms with Gasteiger partial charge in [-0.2, -0.15) is 0 Å². The number of hydrogen-bond acceptors (Lipinski definition) is 3. The van der Waals surface area contributed by atoms with Gasteiger partial charge in [0.05, 0.1) is 0 Å². The third-order valence-electron chi connectivity index (χ3n) is 6.90. The van der Waals surface area contributed by atoms with Gasteiger partial charge in [0.15, 0.2) is 5.65 Å². The Balaban J connectivity index is 1.32. The van der Waals surface area contributed by atoms with E-state index >= 15 is 0 Å². The fraction of sp³-hybridized carbons (Fsp3) is 0.500. The molecule has 1 saturated carbocycles. The predicted octanol–water partition coefficient (Wildman–Crippen LogP) is 4.93. The van der Waals surface area contributed by atoms with Crippen molar-refractivity contribution in [2.75, 3.05) is 13.1 Å². The van der Waals surface area contributed by atoms with E-state index in [9.17, 15) is 0 Å². The van der Waals surface area contributed by atoms with E-state index in [2.05, 4.69) is 75.9 Å². The number of nitrogens with zero attached hydrogens (tertiary/aromatic N) is 4. The van der Waals surface area contributed by atoms with Gasteiger partial charge in [-0.25, -0.2) is 0 Å². The summed E-state index contributed by atoms with van der Waals surface area (Å²) < 4.78 is 2.21. The number of aromatic nitrogens is 3. The van der Waals surface area contributed by atoms with Gasteiger partial charge in [-0.1, -0.05) is 30.3 Å². The van der Waals surface area contributed by atoms with Gasteiger partial charge in [0, 0.05) is 18.7 Å². The van der Waals surface area contributed by atoms with Crippen molar-refractivity contribution >= 4 is 5.65 Å². The standard InChI is InChI=1S/C24H30N4/c1-17-22(12-15-28-23(16-19-8-9-19)25-26-24(17)28)18(2)27-13-10-21(11-14-27)20-6-4-3-5-7-20/h3-7,12,15,18-19,21H,8-11,13-14,16H2,1-2H3. The Labute approximate surface area is 167 Å². The first-order valence-corrected chi connectivity index (χ1v) is 10.8. The van der Waals surface area contributed by atoms with Crippen molar-refractivity contribution in [3.63, 3.8) is 0 Å². The quantitative estimate of drug-likeness (QED) is 0.635. The maximum absolute atomic E-state index is 4.53. The summed E-state index contributed by atoms with van der Waals surface area (Å²) in [6, 6.07) is 13.7. The molecule has 5 rings (SSSR count). The first-order valence-electron chi connectivity index (χ1n) is 10.8. The largest absolute Gasteiger partial charge is 0.297 e. The van der Waals surface area contributed by atoms with Crippen LogP contribution in [0.3, 0.4) is 0 Å². The Kier molecular flexibility index (Phi) is 4.67. The monoisotopic (exact) mass is 374 g/mol. The molecule has 0 N–H and O–H groups in total. The molecule has 0 spiro atoms. The minimum absolute atomic E-state index is 0.422. The molecular weight excluding hydrogens is 344 g/mol. The van der Waals surface area contributed by atoms with Crippen LogP contribution in [0.1, 0.15) is 67.1 Å². The first-order chi connectivity index (χ1) is 13.7. The lowest BCUT2D eigenvalue weighted by Gasteiger charge is -2.37. The van der Waals surface area contributed by atoms with E-state index in [0.717, 1.165) is 36.9 Å². The summed E-state index contributed by atoms with van der Waals surface area (Å²) in [6.07, 6.45) is 8.45. The molecule has 1 aromatic carbocycles. The van der Waals surface area contributed by atoms with Crippen LogP contribution in [-0.4, -0.2) is 32.6 Å². The van der Waals surface area contributed by atoms with Crippen molar-refractivity contribution < 1.29 is 0 Å². The summed E-state index contributed by atoms with van der Waals surface area (Å²) >= 11 is 0. The second-order valence-electron chi connectivity index (χ2n) is 8.75. The van der Waals surface area contributed by atoms with Crippen LogP contribution in [0.15, 0.2) is 42.6 Å². The van der Waals surface area contributed by atoms with E-state index in [1.165, 1.54) is 42.4 Å². The van der Waals surface area contributed by atoms with Crippen molar-refractivity contribution in [2.45, 2.75) is 57.9 Å². The number of fused-ring (bicyclic) bond motifs is 1. The van der Waals surface area contributed by atoms with Gasteiger partial charge in [-0.3, -0.25) is 9.30 Å². The zero-order valence-corrected chi connectivity index (χ0v) is 17.0. The van der Waals surface area contributed by atoms with Gasteiger partial charge in [0.2, 0.25) is 0 Å². The lowest BCUT2D eigenvalue weighted by atomic mass is 9.88. The number of hydrogen-bond donors (Lipinski definition) is 0. The summed E-state index contributed by atoms with van der Waals surface area (Å²) in [6.45, 7) is 6.88. The predicted molar refractivity (Wildman–Crippen MR) is 113 cm³/mol. The van der Waals surface area contributed by atoms with Crippen LogP contribution in [0.4, 0.5) is 0 Å². The van der Waals surface area contributed by atoms with Crippen LogP contribution in [0.2, 0.25) is 0 Å². The maximum Gasteiger partial charge on any atom is 0.164 e. The molecule has 146 valence electrons.